The number of amides is 1. The topological polar surface area (TPSA) is 88.2 Å². The normalized spacial score (nSPS) is 12.2. The van der Waals surface area contributed by atoms with Crippen LogP contribution < -0.4 is 10.0 Å². The van der Waals surface area contributed by atoms with Gasteiger partial charge in [0.15, 0.2) is 0 Å². The van der Waals surface area contributed by atoms with Gasteiger partial charge in [-0.25, -0.2) is 13.4 Å². The standard InChI is InChI=1S/C20H18ClN3O3S/c1-14(15-7-3-2-4-8-15)23-20(25)17-9-5-6-10-18(17)24-28(26,27)16-11-12-19(21)22-13-16/h2-14,24H,1H3,(H,23,25)/t14-/m1/s1. The van der Waals surface area contributed by atoms with E-state index in [1.54, 1.807) is 18.2 Å². The number of aromatic nitrogens is 1. The molecule has 0 spiro atoms. The fourth-order valence-corrected chi connectivity index (χ4v) is 3.73. The molecular formula is C20H18ClN3O3S. The summed E-state index contributed by atoms with van der Waals surface area (Å²) in [5, 5.41) is 3.07. The number of hydrogen-bond acceptors (Lipinski definition) is 4. The van der Waals surface area contributed by atoms with Crippen molar-refractivity contribution in [3.63, 3.8) is 0 Å². The molecule has 0 saturated heterocycles. The maximum atomic E-state index is 12.7. The second kappa shape index (κ2) is 8.41. The average molecular weight is 416 g/mol. The summed E-state index contributed by atoms with van der Waals surface area (Å²) in [6, 6.07) is 18.4. The molecule has 144 valence electrons. The van der Waals surface area contributed by atoms with Crippen molar-refractivity contribution >= 4 is 33.2 Å². The molecule has 1 atom stereocenters. The van der Waals surface area contributed by atoms with E-state index in [1.165, 1.54) is 18.2 Å². The third-order valence-electron chi connectivity index (χ3n) is 4.07. The quantitative estimate of drug-likeness (QED) is 0.595. The zero-order valence-corrected chi connectivity index (χ0v) is 16.5. The first-order valence-corrected chi connectivity index (χ1v) is 10.3. The van der Waals surface area contributed by atoms with Crippen molar-refractivity contribution in [2.45, 2.75) is 17.9 Å². The van der Waals surface area contributed by atoms with E-state index in [9.17, 15) is 13.2 Å². The van der Waals surface area contributed by atoms with Gasteiger partial charge in [-0.05, 0) is 36.8 Å². The number of carbonyl (C=O) groups excluding carboxylic acids is 1. The van der Waals surface area contributed by atoms with Crippen molar-refractivity contribution in [3.05, 3.63) is 89.2 Å². The Morgan fingerprint density at radius 2 is 1.68 bits per heavy atom. The lowest BCUT2D eigenvalue weighted by atomic mass is 10.1. The van der Waals surface area contributed by atoms with Gasteiger partial charge in [0.25, 0.3) is 15.9 Å². The monoisotopic (exact) mass is 415 g/mol. The van der Waals surface area contributed by atoms with Gasteiger partial charge in [-0.15, -0.1) is 0 Å². The maximum Gasteiger partial charge on any atom is 0.263 e. The minimum absolute atomic E-state index is 0.0511. The van der Waals surface area contributed by atoms with Crippen molar-refractivity contribution in [1.29, 1.82) is 0 Å². The third kappa shape index (κ3) is 4.68. The van der Waals surface area contributed by atoms with Crippen LogP contribution in [0.3, 0.4) is 0 Å². The molecule has 8 heteroatoms. The molecule has 3 aromatic rings. The highest BCUT2D eigenvalue weighted by Gasteiger charge is 2.20. The number of halogens is 1. The van der Waals surface area contributed by atoms with E-state index in [2.05, 4.69) is 15.0 Å². The van der Waals surface area contributed by atoms with Crippen LogP contribution in [-0.4, -0.2) is 19.3 Å². The van der Waals surface area contributed by atoms with E-state index < -0.39 is 10.0 Å². The predicted molar refractivity (Wildman–Crippen MR) is 109 cm³/mol. The lowest BCUT2D eigenvalue weighted by Gasteiger charge is -2.17. The molecule has 0 fully saturated rings. The number of carbonyl (C=O) groups is 1. The second-order valence-electron chi connectivity index (χ2n) is 6.07. The Kier molecular flexibility index (Phi) is 5.96. The number of hydrogen-bond donors (Lipinski definition) is 2. The smallest absolute Gasteiger partial charge is 0.263 e. The van der Waals surface area contributed by atoms with Gasteiger partial charge in [0, 0.05) is 6.20 Å². The summed E-state index contributed by atoms with van der Waals surface area (Å²) in [7, 11) is -3.92. The largest absolute Gasteiger partial charge is 0.345 e. The van der Waals surface area contributed by atoms with Gasteiger partial charge in [-0.2, -0.15) is 0 Å². The Hall–Kier alpha value is -2.90. The Balaban J connectivity index is 1.83. The molecule has 2 aromatic carbocycles. The zero-order valence-electron chi connectivity index (χ0n) is 15.0. The fraction of sp³-hybridized carbons (Fsp3) is 0.100. The van der Waals surface area contributed by atoms with Crippen molar-refractivity contribution in [2.24, 2.45) is 0 Å². The van der Waals surface area contributed by atoms with Gasteiger partial charge in [0.2, 0.25) is 0 Å². The van der Waals surface area contributed by atoms with E-state index in [0.717, 1.165) is 11.8 Å². The molecule has 2 N–H and O–H groups in total. The molecule has 1 amide bonds. The Morgan fingerprint density at radius 3 is 2.36 bits per heavy atom. The van der Waals surface area contributed by atoms with E-state index in [-0.39, 0.29) is 33.2 Å². The van der Waals surface area contributed by atoms with Crippen LogP contribution >= 0.6 is 11.6 Å². The van der Waals surface area contributed by atoms with E-state index >= 15 is 0 Å². The van der Waals surface area contributed by atoms with Gasteiger partial charge in [0.05, 0.1) is 17.3 Å². The number of benzene rings is 2. The number of para-hydroxylation sites is 1. The summed E-state index contributed by atoms with van der Waals surface area (Å²) >= 11 is 5.71. The maximum absolute atomic E-state index is 12.7. The molecule has 0 aliphatic carbocycles. The minimum Gasteiger partial charge on any atom is -0.345 e. The van der Waals surface area contributed by atoms with Crippen LogP contribution in [-0.2, 0) is 10.0 Å². The summed E-state index contributed by atoms with van der Waals surface area (Å²) < 4.78 is 27.7. The highest BCUT2D eigenvalue weighted by Crippen LogP contribution is 2.21. The van der Waals surface area contributed by atoms with Crippen LogP contribution in [0.1, 0.15) is 28.9 Å². The predicted octanol–water partition coefficient (Wildman–Crippen LogP) is 4.03. The SMILES string of the molecule is C[C@@H](NC(=O)c1ccccc1NS(=O)(=O)c1ccc(Cl)nc1)c1ccccc1. The summed E-state index contributed by atoms with van der Waals surface area (Å²) in [6.07, 6.45) is 1.16. The number of pyridine rings is 1. The first-order chi connectivity index (χ1) is 13.4. The van der Waals surface area contributed by atoms with Crippen LogP contribution in [0.4, 0.5) is 5.69 Å². The first kappa shape index (κ1) is 19.9. The van der Waals surface area contributed by atoms with Crippen molar-refractivity contribution in [3.8, 4) is 0 Å². The molecule has 0 bridgehead atoms. The molecule has 6 nitrogen and oxygen atoms in total. The summed E-state index contributed by atoms with van der Waals surface area (Å²) in [6.45, 7) is 1.86. The molecule has 0 aliphatic rings. The average Bonchev–Trinajstić information content (AvgIpc) is 2.69. The fourth-order valence-electron chi connectivity index (χ4n) is 2.59. The van der Waals surface area contributed by atoms with Gasteiger partial charge in [0.1, 0.15) is 10.0 Å². The summed E-state index contributed by atoms with van der Waals surface area (Å²) in [4.78, 5) is 16.5. The highest BCUT2D eigenvalue weighted by molar-refractivity contribution is 7.92. The van der Waals surface area contributed by atoms with Crippen LogP contribution in [0.15, 0.2) is 77.8 Å². The number of nitrogens with zero attached hydrogens (tertiary/aromatic N) is 1. The van der Waals surface area contributed by atoms with E-state index in [1.807, 2.05) is 37.3 Å². The Bertz CT molecular complexity index is 1070. The third-order valence-corrected chi connectivity index (χ3v) is 5.65. The molecule has 3 rings (SSSR count). The molecule has 0 unspecified atom stereocenters. The number of rotatable bonds is 6. The van der Waals surface area contributed by atoms with E-state index in [4.69, 9.17) is 11.6 Å². The lowest BCUT2D eigenvalue weighted by Crippen LogP contribution is -2.28. The van der Waals surface area contributed by atoms with Gasteiger partial charge in [-0.3, -0.25) is 9.52 Å². The van der Waals surface area contributed by atoms with Crippen LogP contribution in [0.2, 0.25) is 5.15 Å². The van der Waals surface area contributed by atoms with Crippen LogP contribution in [0.25, 0.3) is 0 Å². The minimum atomic E-state index is -3.92. The second-order valence-corrected chi connectivity index (χ2v) is 8.14. The van der Waals surface area contributed by atoms with E-state index in [0.29, 0.717) is 0 Å². The molecule has 1 aromatic heterocycles. The molecule has 0 saturated carbocycles. The number of sulfonamides is 1. The highest BCUT2D eigenvalue weighted by atomic mass is 35.5. The van der Waals surface area contributed by atoms with Gasteiger partial charge >= 0.3 is 0 Å². The molecule has 0 aliphatic heterocycles. The van der Waals surface area contributed by atoms with Crippen molar-refractivity contribution in [2.75, 3.05) is 4.72 Å². The first-order valence-electron chi connectivity index (χ1n) is 8.46. The number of anilines is 1. The summed E-state index contributed by atoms with van der Waals surface area (Å²) in [5.41, 5.74) is 1.34. The van der Waals surface area contributed by atoms with Gasteiger partial charge in [-0.1, -0.05) is 54.1 Å². The number of nitrogens with one attached hydrogen (secondary N) is 2. The Labute approximate surface area is 168 Å². The van der Waals surface area contributed by atoms with Crippen molar-refractivity contribution < 1.29 is 13.2 Å². The van der Waals surface area contributed by atoms with Gasteiger partial charge < -0.3 is 5.32 Å². The Morgan fingerprint density at radius 1 is 1.00 bits per heavy atom. The van der Waals surface area contributed by atoms with Crippen molar-refractivity contribution in [1.82, 2.24) is 10.3 Å². The van der Waals surface area contributed by atoms with Crippen LogP contribution in [0, 0.1) is 0 Å². The molecule has 1 heterocycles. The molecule has 0 radical (unpaired) electrons. The lowest BCUT2D eigenvalue weighted by molar-refractivity contribution is 0.0941. The summed E-state index contributed by atoms with van der Waals surface area (Å²) in [5.74, 6) is -0.385. The molecular weight excluding hydrogens is 398 g/mol. The zero-order chi connectivity index (χ0) is 20.1. The molecule has 28 heavy (non-hydrogen) atoms. The van der Waals surface area contributed by atoms with Crippen LogP contribution in [0.5, 0.6) is 0 Å².